The molecule has 7 nitrogen and oxygen atoms in total. The largest absolute Gasteiger partial charge is 0.368 e. The van der Waals surface area contributed by atoms with Crippen molar-refractivity contribution in [2.75, 3.05) is 77.0 Å². The topological polar surface area (TPSA) is 60.4 Å². The van der Waals surface area contributed by atoms with Crippen molar-refractivity contribution in [3.05, 3.63) is 0 Å². The van der Waals surface area contributed by atoms with Crippen LogP contribution in [0.25, 0.3) is 0 Å². The van der Waals surface area contributed by atoms with E-state index in [0.29, 0.717) is 0 Å². The molecule has 3 rings (SSSR count). The van der Waals surface area contributed by atoms with E-state index in [0.717, 1.165) is 71.2 Å². The van der Waals surface area contributed by atoms with Gasteiger partial charge in [-0.15, -0.1) is 24.0 Å². The normalized spacial score (nSPS) is 24.6. The fourth-order valence-electron chi connectivity index (χ4n) is 3.66. The summed E-state index contributed by atoms with van der Waals surface area (Å²) in [6.07, 6.45) is 1.67. The first-order chi connectivity index (χ1) is 12.8. The lowest BCUT2D eigenvalue weighted by Gasteiger charge is -2.37. The zero-order chi connectivity index (χ0) is 18.2. The molecule has 3 saturated heterocycles. The van der Waals surface area contributed by atoms with Gasteiger partial charge in [-0.3, -0.25) is 14.7 Å². The number of carbonyl (C=O) groups is 1. The number of hydrogen-bond donors (Lipinski definition) is 1. The van der Waals surface area contributed by atoms with Gasteiger partial charge in [-0.05, 0) is 19.8 Å². The van der Waals surface area contributed by atoms with Crippen LogP contribution in [-0.4, -0.2) is 110 Å². The highest BCUT2D eigenvalue weighted by atomic mass is 127. The Balaban J connectivity index is 0.00000261. The highest BCUT2D eigenvalue weighted by Gasteiger charge is 2.30. The van der Waals surface area contributed by atoms with Crippen molar-refractivity contribution in [3.63, 3.8) is 0 Å². The molecule has 0 spiro atoms. The van der Waals surface area contributed by atoms with Crippen LogP contribution in [0, 0.1) is 0 Å². The first-order valence-electron chi connectivity index (χ1n) is 10.0. The van der Waals surface area contributed by atoms with E-state index >= 15 is 0 Å². The maximum absolute atomic E-state index is 12.5. The van der Waals surface area contributed by atoms with E-state index in [4.69, 9.17) is 9.73 Å². The van der Waals surface area contributed by atoms with Gasteiger partial charge in [0, 0.05) is 70.5 Å². The van der Waals surface area contributed by atoms with E-state index in [9.17, 15) is 4.79 Å². The van der Waals surface area contributed by atoms with Gasteiger partial charge in [0.1, 0.15) is 6.10 Å². The van der Waals surface area contributed by atoms with Gasteiger partial charge >= 0.3 is 0 Å². The van der Waals surface area contributed by atoms with Gasteiger partial charge in [0.15, 0.2) is 5.96 Å². The van der Waals surface area contributed by atoms with E-state index in [-0.39, 0.29) is 36.0 Å². The van der Waals surface area contributed by atoms with E-state index in [1.54, 1.807) is 0 Å². The molecule has 1 unspecified atom stereocenters. The molecular formula is C18H34IN5O2S. The van der Waals surface area contributed by atoms with Crippen molar-refractivity contribution in [1.82, 2.24) is 20.0 Å². The average molecular weight is 511 g/mol. The summed E-state index contributed by atoms with van der Waals surface area (Å²) in [5, 5.41) is 3.41. The number of aliphatic imine (C=N–C) groups is 1. The molecule has 0 saturated carbocycles. The summed E-state index contributed by atoms with van der Waals surface area (Å²) in [5.74, 6) is 3.64. The number of ether oxygens (including phenoxy) is 1. The molecule has 0 aromatic carbocycles. The Morgan fingerprint density at radius 1 is 1.15 bits per heavy atom. The number of carbonyl (C=O) groups excluding carboxylic acids is 1. The Hall–Kier alpha value is -0.260. The Morgan fingerprint density at radius 3 is 2.48 bits per heavy atom. The van der Waals surface area contributed by atoms with Crippen molar-refractivity contribution in [2.24, 2.45) is 4.99 Å². The molecule has 1 atom stereocenters. The standard InChI is InChI=1S/C18H33N5O2S.HI/c1-2-19-18(20-5-6-21-11-14-26-15-12-21)23-9-7-22(8-10-23)17(24)16-4-3-13-25-16;/h16H,2-15H2,1H3,(H,19,20);1H. The third kappa shape index (κ3) is 6.93. The highest BCUT2D eigenvalue weighted by molar-refractivity contribution is 14.0. The van der Waals surface area contributed by atoms with Crippen molar-refractivity contribution >= 4 is 47.6 Å². The summed E-state index contributed by atoms with van der Waals surface area (Å²) in [6, 6.07) is 0. The number of nitrogens with zero attached hydrogens (tertiary/aromatic N) is 4. The molecule has 27 heavy (non-hydrogen) atoms. The zero-order valence-electron chi connectivity index (χ0n) is 16.4. The van der Waals surface area contributed by atoms with E-state index in [2.05, 4.69) is 22.0 Å². The van der Waals surface area contributed by atoms with Gasteiger partial charge in [-0.2, -0.15) is 11.8 Å². The number of rotatable bonds is 5. The van der Waals surface area contributed by atoms with E-state index in [1.165, 1.54) is 24.6 Å². The van der Waals surface area contributed by atoms with Crippen molar-refractivity contribution in [2.45, 2.75) is 25.9 Å². The third-order valence-electron chi connectivity index (χ3n) is 5.21. The van der Waals surface area contributed by atoms with Gasteiger partial charge in [-0.1, -0.05) is 0 Å². The van der Waals surface area contributed by atoms with Crippen LogP contribution in [0.4, 0.5) is 0 Å². The smallest absolute Gasteiger partial charge is 0.251 e. The van der Waals surface area contributed by atoms with Gasteiger partial charge in [0.25, 0.3) is 5.91 Å². The maximum atomic E-state index is 12.5. The maximum Gasteiger partial charge on any atom is 0.251 e. The van der Waals surface area contributed by atoms with Gasteiger partial charge in [0.2, 0.25) is 0 Å². The van der Waals surface area contributed by atoms with Crippen LogP contribution < -0.4 is 5.32 Å². The summed E-state index contributed by atoms with van der Waals surface area (Å²) >= 11 is 2.04. The van der Waals surface area contributed by atoms with Gasteiger partial charge in [0.05, 0.1) is 6.54 Å². The molecule has 1 N–H and O–H groups in total. The molecule has 156 valence electrons. The number of thioether (sulfide) groups is 1. The Bertz CT molecular complexity index is 476. The molecule has 3 heterocycles. The summed E-state index contributed by atoms with van der Waals surface area (Å²) in [7, 11) is 0. The minimum Gasteiger partial charge on any atom is -0.368 e. The lowest BCUT2D eigenvalue weighted by Crippen LogP contribution is -2.55. The van der Waals surface area contributed by atoms with Crippen LogP contribution in [0.5, 0.6) is 0 Å². The van der Waals surface area contributed by atoms with E-state index < -0.39 is 0 Å². The molecule has 0 aromatic rings. The molecule has 0 bridgehead atoms. The van der Waals surface area contributed by atoms with Crippen molar-refractivity contribution in [3.8, 4) is 0 Å². The van der Waals surface area contributed by atoms with Crippen LogP contribution in [0.2, 0.25) is 0 Å². The number of nitrogens with one attached hydrogen (secondary N) is 1. The van der Waals surface area contributed by atoms with Crippen molar-refractivity contribution in [1.29, 1.82) is 0 Å². The lowest BCUT2D eigenvalue weighted by atomic mass is 10.2. The third-order valence-corrected chi connectivity index (χ3v) is 6.15. The highest BCUT2D eigenvalue weighted by Crippen LogP contribution is 2.16. The first-order valence-corrected chi connectivity index (χ1v) is 11.2. The zero-order valence-corrected chi connectivity index (χ0v) is 19.5. The van der Waals surface area contributed by atoms with Gasteiger partial charge < -0.3 is 19.9 Å². The van der Waals surface area contributed by atoms with Crippen LogP contribution in [0.1, 0.15) is 19.8 Å². The summed E-state index contributed by atoms with van der Waals surface area (Å²) in [5.41, 5.74) is 0. The molecule has 1 amide bonds. The molecule has 3 fully saturated rings. The molecule has 0 aliphatic carbocycles. The van der Waals surface area contributed by atoms with Crippen LogP contribution in [-0.2, 0) is 9.53 Å². The predicted molar refractivity (Wildman–Crippen MR) is 122 cm³/mol. The number of piperazine rings is 1. The SMILES string of the molecule is CCNC(=NCCN1CCSCC1)N1CCN(C(=O)C2CCCO2)CC1.I. The second kappa shape index (κ2) is 12.3. The first kappa shape index (κ1) is 23.0. The van der Waals surface area contributed by atoms with Crippen molar-refractivity contribution < 1.29 is 9.53 Å². The molecule has 0 radical (unpaired) electrons. The summed E-state index contributed by atoms with van der Waals surface area (Å²) in [6.45, 7) is 11.1. The number of hydrogen-bond acceptors (Lipinski definition) is 5. The lowest BCUT2D eigenvalue weighted by molar-refractivity contribution is -0.142. The minimum absolute atomic E-state index is 0. The van der Waals surface area contributed by atoms with Crippen LogP contribution in [0.15, 0.2) is 4.99 Å². The average Bonchev–Trinajstić information content (AvgIpc) is 3.23. The Labute approximate surface area is 184 Å². The molecule has 0 aromatic heterocycles. The number of halogens is 1. The predicted octanol–water partition coefficient (Wildman–Crippen LogP) is 0.942. The fraction of sp³-hybridized carbons (Fsp3) is 0.889. The Morgan fingerprint density at radius 2 is 1.85 bits per heavy atom. The minimum atomic E-state index is -0.203. The molecule has 3 aliphatic heterocycles. The second-order valence-electron chi connectivity index (χ2n) is 7.00. The fourth-order valence-corrected chi connectivity index (χ4v) is 4.64. The summed E-state index contributed by atoms with van der Waals surface area (Å²) < 4.78 is 5.54. The molecule has 3 aliphatic rings. The van der Waals surface area contributed by atoms with Crippen LogP contribution in [0.3, 0.4) is 0 Å². The number of guanidine groups is 1. The number of amides is 1. The molecular weight excluding hydrogens is 477 g/mol. The molecule has 9 heteroatoms. The van der Waals surface area contributed by atoms with Crippen LogP contribution >= 0.6 is 35.7 Å². The van der Waals surface area contributed by atoms with Gasteiger partial charge in [-0.25, -0.2) is 0 Å². The Kier molecular flexibility index (Phi) is 10.5. The van der Waals surface area contributed by atoms with E-state index in [1.807, 2.05) is 16.7 Å². The second-order valence-corrected chi connectivity index (χ2v) is 8.23. The quantitative estimate of drug-likeness (QED) is 0.337. The monoisotopic (exact) mass is 511 g/mol. The summed E-state index contributed by atoms with van der Waals surface area (Å²) in [4.78, 5) is 24.1.